The molecular formula is C17H14ClN3O2S2. The minimum atomic E-state index is -0.286. The van der Waals surface area contributed by atoms with Gasteiger partial charge in [0.05, 0.1) is 0 Å². The molecule has 3 aromatic rings. The second kappa shape index (κ2) is 8.84. The molecule has 0 aliphatic rings. The Morgan fingerprint density at radius 2 is 1.92 bits per heavy atom. The van der Waals surface area contributed by atoms with Crippen molar-refractivity contribution in [3.8, 4) is 5.75 Å². The van der Waals surface area contributed by atoms with Gasteiger partial charge in [-0.05, 0) is 29.8 Å². The number of benzene rings is 2. The fourth-order valence-corrected chi connectivity index (χ4v) is 3.52. The summed E-state index contributed by atoms with van der Waals surface area (Å²) in [4.78, 5) is 16.2. The molecule has 25 heavy (non-hydrogen) atoms. The molecule has 3 rings (SSSR count). The van der Waals surface area contributed by atoms with Crippen LogP contribution in [0.3, 0.4) is 0 Å². The molecule has 0 spiro atoms. The number of anilines is 1. The summed E-state index contributed by atoms with van der Waals surface area (Å²) in [7, 11) is 0. The Morgan fingerprint density at radius 1 is 1.16 bits per heavy atom. The van der Waals surface area contributed by atoms with Crippen LogP contribution in [0.25, 0.3) is 0 Å². The van der Waals surface area contributed by atoms with E-state index in [1.54, 1.807) is 24.3 Å². The van der Waals surface area contributed by atoms with Crippen LogP contribution in [0.5, 0.6) is 5.75 Å². The molecule has 0 fully saturated rings. The lowest BCUT2D eigenvalue weighted by Crippen LogP contribution is -2.20. The lowest BCUT2D eigenvalue weighted by Gasteiger charge is -2.05. The molecule has 1 aromatic heterocycles. The fraction of sp³-hybridized carbons (Fsp3) is 0.118. The number of thioether (sulfide) groups is 1. The van der Waals surface area contributed by atoms with Gasteiger partial charge in [0, 0.05) is 22.3 Å². The average Bonchev–Trinajstić information content (AvgIpc) is 3.08. The van der Waals surface area contributed by atoms with Gasteiger partial charge in [-0.2, -0.15) is 9.36 Å². The van der Waals surface area contributed by atoms with Gasteiger partial charge in [-0.3, -0.25) is 10.1 Å². The SMILES string of the molecule is O=C(COc1ccc(Cl)cc1)Nc1nc(SCc2ccccc2)ns1. The van der Waals surface area contributed by atoms with Gasteiger partial charge in [-0.15, -0.1) is 0 Å². The van der Waals surface area contributed by atoms with Crippen LogP contribution in [0.2, 0.25) is 5.02 Å². The summed E-state index contributed by atoms with van der Waals surface area (Å²) in [5.74, 6) is 1.08. The minimum Gasteiger partial charge on any atom is -0.484 e. The number of hydrogen-bond acceptors (Lipinski definition) is 6. The maximum Gasteiger partial charge on any atom is 0.264 e. The van der Waals surface area contributed by atoms with E-state index in [9.17, 15) is 4.79 Å². The maximum absolute atomic E-state index is 11.9. The molecule has 1 N–H and O–H groups in total. The van der Waals surface area contributed by atoms with Crippen LogP contribution < -0.4 is 10.1 Å². The number of hydrogen-bond donors (Lipinski definition) is 1. The van der Waals surface area contributed by atoms with Gasteiger partial charge in [0.2, 0.25) is 10.3 Å². The third kappa shape index (κ3) is 5.74. The first-order valence-electron chi connectivity index (χ1n) is 7.38. The van der Waals surface area contributed by atoms with E-state index >= 15 is 0 Å². The van der Waals surface area contributed by atoms with E-state index in [1.807, 2.05) is 18.2 Å². The van der Waals surface area contributed by atoms with E-state index in [-0.39, 0.29) is 12.5 Å². The monoisotopic (exact) mass is 391 g/mol. The van der Waals surface area contributed by atoms with Crippen molar-refractivity contribution >= 4 is 45.9 Å². The van der Waals surface area contributed by atoms with Crippen molar-refractivity contribution in [2.45, 2.75) is 10.9 Å². The largest absolute Gasteiger partial charge is 0.484 e. The van der Waals surface area contributed by atoms with E-state index in [4.69, 9.17) is 16.3 Å². The van der Waals surface area contributed by atoms with Crippen molar-refractivity contribution in [1.82, 2.24) is 9.36 Å². The number of halogens is 1. The number of nitrogens with zero attached hydrogens (tertiary/aromatic N) is 2. The normalized spacial score (nSPS) is 10.4. The molecule has 1 heterocycles. The van der Waals surface area contributed by atoms with Crippen molar-refractivity contribution in [2.75, 3.05) is 11.9 Å². The lowest BCUT2D eigenvalue weighted by atomic mass is 10.2. The Labute approximate surface area is 158 Å². The third-order valence-electron chi connectivity index (χ3n) is 3.05. The van der Waals surface area contributed by atoms with Crippen molar-refractivity contribution in [1.29, 1.82) is 0 Å². The van der Waals surface area contributed by atoms with Crippen LogP contribution >= 0.6 is 34.9 Å². The quantitative estimate of drug-likeness (QED) is 0.600. The van der Waals surface area contributed by atoms with Gasteiger partial charge < -0.3 is 4.74 Å². The number of carbonyl (C=O) groups excluding carboxylic acids is 1. The van der Waals surface area contributed by atoms with Gasteiger partial charge in [0.15, 0.2) is 6.61 Å². The van der Waals surface area contributed by atoms with Crippen LogP contribution in [0.1, 0.15) is 5.56 Å². The number of amides is 1. The Bertz CT molecular complexity index is 825. The molecule has 0 atom stereocenters. The van der Waals surface area contributed by atoms with Gasteiger partial charge in [-0.25, -0.2) is 0 Å². The maximum atomic E-state index is 11.9. The van der Waals surface area contributed by atoms with E-state index in [0.29, 0.717) is 21.1 Å². The summed E-state index contributed by atoms with van der Waals surface area (Å²) in [6.45, 7) is -0.103. The summed E-state index contributed by atoms with van der Waals surface area (Å²) in [6.07, 6.45) is 0. The summed E-state index contributed by atoms with van der Waals surface area (Å²) < 4.78 is 9.62. The van der Waals surface area contributed by atoms with Crippen molar-refractivity contribution < 1.29 is 9.53 Å². The number of aromatic nitrogens is 2. The van der Waals surface area contributed by atoms with E-state index < -0.39 is 0 Å². The van der Waals surface area contributed by atoms with Crippen molar-refractivity contribution in [3.63, 3.8) is 0 Å². The molecular weight excluding hydrogens is 378 g/mol. The first-order chi connectivity index (χ1) is 12.2. The zero-order valence-electron chi connectivity index (χ0n) is 13.0. The molecule has 8 heteroatoms. The number of carbonyl (C=O) groups is 1. The topological polar surface area (TPSA) is 64.1 Å². The molecule has 1 amide bonds. The van der Waals surface area contributed by atoms with Gasteiger partial charge in [0.25, 0.3) is 5.91 Å². The highest BCUT2D eigenvalue weighted by atomic mass is 35.5. The van der Waals surface area contributed by atoms with Crippen LogP contribution in [0.4, 0.5) is 5.13 Å². The molecule has 0 bridgehead atoms. The third-order valence-corrected chi connectivity index (χ3v) is 4.96. The zero-order chi connectivity index (χ0) is 17.5. The van der Waals surface area contributed by atoms with Crippen molar-refractivity contribution in [3.05, 3.63) is 65.2 Å². The van der Waals surface area contributed by atoms with Crippen LogP contribution in [0, 0.1) is 0 Å². The average molecular weight is 392 g/mol. The second-order valence-electron chi connectivity index (χ2n) is 4.95. The van der Waals surface area contributed by atoms with E-state index in [1.165, 1.54) is 17.3 Å². The molecule has 0 aliphatic carbocycles. The lowest BCUT2D eigenvalue weighted by molar-refractivity contribution is -0.118. The highest BCUT2D eigenvalue weighted by Gasteiger charge is 2.09. The Kier molecular flexibility index (Phi) is 6.27. The Morgan fingerprint density at radius 3 is 2.68 bits per heavy atom. The molecule has 128 valence electrons. The predicted octanol–water partition coefficient (Wildman–Crippen LogP) is 4.50. The highest BCUT2D eigenvalue weighted by molar-refractivity contribution is 7.98. The van der Waals surface area contributed by atoms with Crippen LogP contribution in [-0.4, -0.2) is 21.9 Å². The van der Waals surface area contributed by atoms with Gasteiger partial charge in [-0.1, -0.05) is 53.7 Å². The van der Waals surface area contributed by atoms with Crippen LogP contribution in [0.15, 0.2) is 59.8 Å². The summed E-state index contributed by atoms with van der Waals surface area (Å²) >= 11 is 8.47. The number of rotatable bonds is 7. The molecule has 0 radical (unpaired) electrons. The Hall–Kier alpha value is -2.09. The molecule has 0 saturated carbocycles. The molecule has 5 nitrogen and oxygen atoms in total. The smallest absolute Gasteiger partial charge is 0.264 e. The summed E-state index contributed by atoms with van der Waals surface area (Å²) in [6, 6.07) is 16.9. The fourth-order valence-electron chi connectivity index (χ4n) is 1.88. The van der Waals surface area contributed by atoms with Gasteiger partial charge in [0.1, 0.15) is 5.75 Å². The first kappa shape index (κ1) is 17.7. The van der Waals surface area contributed by atoms with Crippen molar-refractivity contribution in [2.24, 2.45) is 0 Å². The highest BCUT2D eigenvalue weighted by Crippen LogP contribution is 2.23. The summed E-state index contributed by atoms with van der Waals surface area (Å²) in [5, 5.41) is 4.40. The van der Waals surface area contributed by atoms with Crippen LogP contribution in [-0.2, 0) is 10.5 Å². The predicted molar refractivity (Wildman–Crippen MR) is 101 cm³/mol. The Balaban J connectivity index is 1.45. The second-order valence-corrected chi connectivity index (χ2v) is 7.08. The van der Waals surface area contributed by atoms with E-state index in [2.05, 4.69) is 26.8 Å². The first-order valence-corrected chi connectivity index (χ1v) is 9.51. The number of nitrogens with one attached hydrogen (secondary N) is 1. The van der Waals surface area contributed by atoms with E-state index in [0.717, 1.165) is 17.3 Å². The molecule has 0 saturated heterocycles. The molecule has 0 unspecified atom stereocenters. The number of ether oxygens (including phenoxy) is 1. The zero-order valence-corrected chi connectivity index (χ0v) is 15.4. The molecule has 2 aromatic carbocycles. The summed E-state index contributed by atoms with van der Waals surface area (Å²) in [5.41, 5.74) is 1.20. The standard InChI is InChI=1S/C17H14ClN3O2S2/c18-13-6-8-14(9-7-13)23-10-15(22)19-16-20-17(21-25-16)24-11-12-4-2-1-3-5-12/h1-9H,10-11H2,(H,19,20,21,22). The molecule has 0 aliphatic heterocycles. The minimum absolute atomic E-state index is 0.103. The van der Waals surface area contributed by atoms with Gasteiger partial charge >= 0.3 is 0 Å².